The lowest BCUT2D eigenvalue weighted by Crippen LogP contribution is -2.56. The van der Waals surface area contributed by atoms with Crippen molar-refractivity contribution in [3.63, 3.8) is 0 Å². The van der Waals surface area contributed by atoms with Crippen LogP contribution >= 0.6 is 0 Å². The van der Waals surface area contributed by atoms with Gasteiger partial charge < -0.3 is 43.2 Å². The number of likely N-dealkylation sites (N-methyl/N-ethyl adjacent to an activating group) is 1. The van der Waals surface area contributed by atoms with Gasteiger partial charge in [0.2, 0.25) is 23.6 Å². The molecule has 0 aromatic heterocycles. The van der Waals surface area contributed by atoms with E-state index in [9.17, 15) is 24.3 Å². The van der Waals surface area contributed by atoms with Crippen LogP contribution < -0.4 is 33.2 Å². The van der Waals surface area contributed by atoms with E-state index in [0.717, 1.165) is 11.1 Å². The Morgan fingerprint density at radius 2 is 1.51 bits per heavy atom. The second kappa shape index (κ2) is 18.5. The lowest BCUT2D eigenvalue weighted by atomic mass is 10.0. The van der Waals surface area contributed by atoms with Crippen molar-refractivity contribution in [2.45, 2.75) is 57.2 Å². The van der Waals surface area contributed by atoms with Crippen molar-refractivity contribution in [2.75, 3.05) is 27.2 Å². The van der Waals surface area contributed by atoms with E-state index in [-0.39, 0.29) is 62.2 Å². The normalized spacial score (nSPS) is 13.1. The van der Waals surface area contributed by atoms with Crippen LogP contribution in [-0.4, -0.2) is 90.7 Å². The Hall–Kier alpha value is -5.14. The first-order valence-corrected chi connectivity index (χ1v) is 14.6. The fourth-order valence-corrected chi connectivity index (χ4v) is 4.43. The van der Waals surface area contributed by atoms with Gasteiger partial charge >= 0.3 is 0 Å². The molecule has 10 N–H and O–H groups in total. The van der Waals surface area contributed by atoms with Gasteiger partial charge in [0.05, 0.1) is 5.84 Å². The SMILES string of the molecule is CNC(=O)CCN(C)C(=O)[C@H](Cc1ccccc1)NC(=O)[C@@H](CCCN=C(N)N)NC(=O)[C@H](Cc1ccc(O)cc1)N=C(C)N. The maximum atomic E-state index is 13.8. The van der Waals surface area contributed by atoms with Gasteiger partial charge in [-0.1, -0.05) is 42.5 Å². The Kier molecular flexibility index (Phi) is 14.8. The topological polar surface area (TPSA) is 231 Å². The number of rotatable bonds is 17. The highest BCUT2D eigenvalue weighted by Gasteiger charge is 2.30. The molecule has 0 aliphatic carbocycles. The summed E-state index contributed by atoms with van der Waals surface area (Å²) in [6.07, 6.45) is 0.947. The fraction of sp³-hybridized carbons (Fsp3) is 0.419. The molecule has 0 heterocycles. The maximum Gasteiger partial charge on any atom is 0.245 e. The third-order valence-electron chi connectivity index (χ3n) is 6.83. The molecule has 0 saturated heterocycles. The minimum atomic E-state index is -1.07. The summed E-state index contributed by atoms with van der Waals surface area (Å²) in [4.78, 5) is 62.2. The molecular formula is C31H45N9O5. The average Bonchev–Trinajstić information content (AvgIpc) is 3.01. The molecule has 0 radical (unpaired) electrons. The van der Waals surface area contributed by atoms with Gasteiger partial charge in [0.15, 0.2) is 5.96 Å². The molecule has 45 heavy (non-hydrogen) atoms. The van der Waals surface area contributed by atoms with Crippen LogP contribution in [0.2, 0.25) is 0 Å². The zero-order chi connectivity index (χ0) is 33.4. The van der Waals surface area contributed by atoms with E-state index in [1.54, 1.807) is 26.1 Å². The van der Waals surface area contributed by atoms with E-state index in [0.29, 0.717) is 6.42 Å². The van der Waals surface area contributed by atoms with Crippen LogP contribution in [0.3, 0.4) is 0 Å². The number of amidine groups is 1. The molecule has 4 amide bonds. The number of hydrogen-bond donors (Lipinski definition) is 7. The quantitative estimate of drug-likeness (QED) is 0.0691. The van der Waals surface area contributed by atoms with Crippen molar-refractivity contribution >= 4 is 35.4 Å². The maximum absolute atomic E-state index is 13.8. The summed E-state index contributed by atoms with van der Waals surface area (Å²) in [5.41, 5.74) is 18.2. The van der Waals surface area contributed by atoms with Gasteiger partial charge in [0.25, 0.3) is 0 Å². The standard InChI is InChI=1S/C31H45N9O5/c1-20(32)37-25(18-22-11-13-23(41)14-12-22)29(44)38-24(10-7-16-36-31(33)34)28(43)39-26(19-21-8-5-4-6-9-21)30(45)40(3)17-15-27(42)35-2/h4-6,8-9,11-14,24-26,41H,7,10,15-19H2,1-3H3,(H2,32,37)(H,35,42)(H,38,44)(H,39,43)(H4,33,34,36)/t24-,25+,26+/m1/s1. The monoisotopic (exact) mass is 623 g/mol. The molecule has 0 fully saturated rings. The van der Waals surface area contributed by atoms with Crippen LogP contribution in [0, 0.1) is 0 Å². The van der Waals surface area contributed by atoms with Crippen molar-refractivity contribution in [1.82, 2.24) is 20.9 Å². The van der Waals surface area contributed by atoms with E-state index >= 15 is 0 Å². The van der Waals surface area contributed by atoms with Crippen molar-refractivity contribution in [1.29, 1.82) is 0 Å². The largest absolute Gasteiger partial charge is 0.508 e. The summed E-state index contributed by atoms with van der Waals surface area (Å²) in [7, 11) is 3.07. The summed E-state index contributed by atoms with van der Waals surface area (Å²) < 4.78 is 0. The number of benzene rings is 2. The summed E-state index contributed by atoms with van der Waals surface area (Å²) in [5, 5.41) is 17.7. The van der Waals surface area contributed by atoms with Gasteiger partial charge in [-0.25, -0.2) is 0 Å². The molecule has 2 aromatic carbocycles. The molecule has 2 rings (SSSR count). The second-order valence-electron chi connectivity index (χ2n) is 10.6. The molecule has 2 aromatic rings. The van der Waals surface area contributed by atoms with E-state index in [1.807, 2.05) is 30.3 Å². The minimum Gasteiger partial charge on any atom is -0.508 e. The van der Waals surface area contributed by atoms with E-state index in [4.69, 9.17) is 17.2 Å². The fourth-order valence-electron chi connectivity index (χ4n) is 4.43. The lowest BCUT2D eigenvalue weighted by Gasteiger charge is -2.27. The molecule has 0 aliphatic heterocycles. The van der Waals surface area contributed by atoms with Crippen LogP contribution in [0.4, 0.5) is 0 Å². The number of guanidine groups is 1. The number of nitrogens with one attached hydrogen (secondary N) is 3. The number of phenolic OH excluding ortho intramolecular Hbond substituents is 1. The van der Waals surface area contributed by atoms with Gasteiger partial charge in [0, 0.05) is 46.4 Å². The number of hydrogen-bond acceptors (Lipinski definition) is 7. The van der Waals surface area contributed by atoms with Gasteiger partial charge in [-0.15, -0.1) is 0 Å². The van der Waals surface area contributed by atoms with Crippen LogP contribution in [0.1, 0.15) is 37.3 Å². The van der Waals surface area contributed by atoms with Gasteiger partial charge in [-0.2, -0.15) is 0 Å². The number of amides is 4. The van der Waals surface area contributed by atoms with Crippen LogP contribution in [0.5, 0.6) is 5.75 Å². The van der Waals surface area contributed by atoms with Crippen molar-refractivity contribution in [2.24, 2.45) is 27.2 Å². The molecule has 14 nitrogen and oxygen atoms in total. The summed E-state index contributed by atoms with van der Waals surface area (Å²) >= 11 is 0. The highest BCUT2D eigenvalue weighted by atomic mass is 16.3. The zero-order valence-corrected chi connectivity index (χ0v) is 26.0. The molecule has 244 valence electrons. The smallest absolute Gasteiger partial charge is 0.245 e. The van der Waals surface area contributed by atoms with Gasteiger partial charge in [0.1, 0.15) is 23.9 Å². The molecule has 0 saturated carbocycles. The number of nitrogens with zero attached hydrogens (tertiary/aromatic N) is 3. The second-order valence-corrected chi connectivity index (χ2v) is 10.6. The number of carbonyl (C=O) groups is 4. The Morgan fingerprint density at radius 1 is 0.889 bits per heavy atom. The van der Waals surface area contributed by atoms with Crippen LogP contribution in [-0.2, 0) is 32.0 Å². The Morgan fingerprint density at radius 3 is 2.11 bits per heavy atom. The highest BCUT2D eigenvalue weighted by Crippen LogP contribution is 2.14. The Bertz CT molecular complexity index is 1320. The van der Waals surface area contributed by atoms with E-state index in [1.165, 1.54) is 24.1 Å². The molecule has 0 bridgehead atoms. The number of aromatic hydroxyl groups is 1. The zero-order valence-electron chi connectivity index (χ0n) is 26.0. The molecule has 0 aliphatic rings. The average molecular weight is 624 g/mol. The van der Waals surface area contributed by atoms with Gasteiger partial charge in [-0.05, 0) is 43.0 Å². The van der Waals surface area contributed by atoms with Crippen LogP contribution in [0.25, 0.3) is 0 Å². The van der Waals surface area contributed by atoms with Crippen molar-refractivity contribution in [3.05, 3.63) is 65.7 Å². The van der Waals surface area contributed by atoms with Crippen LogP contribution in [0.15, 0.2) is 64.6 Å². The summed E-state index contributed by atoms with van der Waals surface area (Å²) in [6.45, 7) is 1.91. The molecule has 0 spiro atoms. The third kappa shape index (κ3) is 13.4. The molecule has 3 atom stereocenters. The molecule has 14 heteroatoms. The lowest BCUT2D eigenvalue weighted by molar-refractivity contribution is -0.137. The number of nitrogens with two attached hydrogens (primary N) is 3. The van der Waals surface area contributed by atoms with Gasteiger partial charge in [-0.3, -0.25) is 29.2 Å². The van der Waals surface area contributed by atoms with Crippen molar-refractivity contribution in [3.8, 4) is 5.75 Å². The first-order chi connectivity index (χ1) is 21.4. The summed E-state index contributed by atoms with van der Waals surface area (Å²) in [6, 6.07) is 12.5. The first-order valence-electron chi connectivity index (χ1n) is 14.6. The molecule has 0 unspecified atom stereocenters. The minimum absolute atomic E-state index is 0.0784. The Labute approximate surface area is 263 Å². The highest BCUT2D eigenvalue weighted by molar-refractivity contribution is 5.94. The summed E-state index contributed by atoms with van der Waals surface area (Å²) in [5.74, 6) is -1.60. The number of carbonyl (C=O) groups excluding carboxylic acids is 4. The predicted molar refractivity (Wildman–Crippen MR) is 173 cm³/mol. The number of phenols is 1. The van der Waals surface area contributed by atoms with Crippen molar-refractivity contribution < 1.29 is 24.3 Å². The van der Waals surface area contributed by atoms with E-state index < -0.39 is 35.8 Å². The predicted octanol–water partition coefficient (Wildman–Crippen LogP) is -0.459. The first kappa shape index (κ1) is 36.1. The van der Waals surface area contributed by atoms with E-state index in [2.05, 4.69) is 25.9 Å². The third-order valence-corrected chi connectivity index (χ3v) is 6.83. The Balaban J connectivity index is 2.31. The number of aliphatic imine (C=N–C) groups is 2. The molecular weight excluding hydrogens is 578 g/mol.